The third-order valence-corrected chi connectivity index (χ3v) is 4.12. The van der Waals surface area contributed by atoms with Gasteiger partial charge in [-0.2, -0.15) is 11.8 Å². The molecule has 5 nitrogen and oxygen atoms in total. The number of guanidine groups is 1. The third kappa shape index (κ3) is 7.32. The van der Waals surface area contributed by atoms with E-state index in [0.29, 0.717) is 0 Å². The molecule has 0 radical (unpaired) electrons. The van der Waals surface area contributed by atoms with Crippen LogP contribution in [0, 0.1) is 0 Å². The average Bonchev–Trinajstić information content (AvgIpc) is 2.59. The standard InChI is InChI=1S/C17H27N3O2S/c1-5-11-23-12-10-20-17(18-2)19-9-8-14-6-7-15(21-3)16(13-14)22-4/h5-7,13H,1,8-12H2,2-4H3,(H2,18,19,20). The minimum absolute atomic E-state index is 0.749. The van der Waals surface area contributed by atoms with Crippen molar-refractivity contribution in [1.29, 1.82) is 0 Å². The van der Waals surface area contributed by atoms with E-state index in [9.17, 15) is 0 Å². The van der Waals surface area contributed by atoms with E-state index in [2.05, 4.69) is 22.2 Å². The summed E-state index contributed by atoms with van der Waals surface area (Å²) in [6.45, 7) is 5.39. The van der Waals surface area contributed by atoms with Gasteiger partial charge in [-0.1, -0.05) is 12.1 Å². The number of nitrogens with one attached hydrogen (secondary N) is 2. The number of benzene rings is 1. The van der Waals surface area contributed by atoms with Gasteiger partial charge in [-0.3, -0.25) is 4.99 Å². The molecule has 0 saturated carbocycles. The highest BCUT2D eigenvalue weighted by Crippen LogP contribution is 2.27. The van der Waals surface area contributed by atoms with E-state index >= 15 is 0 Å². The van der Waals surface area contributed by atoms with Gasteiger partial charge in [-0.25, -0.2) is 0 Å². The molecule has 0 heterocycles. The van der Waals surface area contributed by atoms with Crippen molar-refractivity contribution in [3.05, 3.63) is 36.4 Å². The van der Waals surface area contributed by atoms with Crippen LogP contribution >= 0.6 is 11.8 Å². The van der Waals surface area contributed by atoms with Crippen molar-refractivity contribution in [3.8, 4) is 11.5 Å². The summed E-state index contributed by atoms with van der Waals surface area (Å²) in [5, 5.41) is 6.61. The van der Waals surface area contributed by atoms with E-state index in [1.54, 1.807) is 21.3 Å². The molecule has 1 rings (SSSR count). The second kappa shape index (κ2) is 11.7. The lowest BCUT2D eigenvalue weighted by molar-refractivity contribution is 0.354. The Morgan fingerprint density at radius 1 is 1.22 bits per heavy atom. The number of ether oxygens (including phenoxy) is 2. The van der Waals surface area contributed by atoms with Gasteiger partial charge in [-0.15, -0.1) is 6.58 Å². The summed E-state index contributed by atoms with van der Waals surface area (Å²) in [6.07, 6.45) is 2.80. The molecule has 0 aliphatic heterocycles. The highest BCUT2D eigenvalue weighted by Gasteiger charge is 2.04. The van der Waals surface area contributed by atoms with Crippen LogP contribution in [-0.4, -0.2) is 51.8 Å². The molecular formula is C17H27N3O2S. The van der Waals surface area contributed by atoms with Crippen LogP contribution in [0.15, 0.2) is 35.8 Å². The van der Waals surface area contributed by atoms with Gasteiger partial charge in [0.15, 0.2) is 17.5 Å². The molecule has 128 valence electrons. The molecule has 0 unspecified atom stereocenters. The second-order valence-electron chi connectivity index (χ2n) is 4.73. The van der Waals surface area contributed by atoms with Crippen molar-refractivity contribution >= 4 is 17.7 Å². The molecule has 0 aliphatic rings. The predicted octanol–water partition coefficient (Wildman–Crippen LogP) is 2.33. The van der Waals surface area contributed by atoms with Crippen molar-refractivity contribution in [1.82, 2.24) is 10.6 Å². The molecule has 2 N–H and O–H groups in total. The molecule has 0 aromatic heterocycles. The number of thioether (sulfide) groups is 1. The van der Waals surface area contributed by atoms with Gasteiger partial charge in [-0.05, 0) is 24.1 Å². The van der Waals surface area contributed by atoms with Crippen LogP contribution in [0.25, 0.3) is 0 Å². The summed E-state index contributed by atoms with van der Waals surface area (Å²) in [5.74, 6) is 4.34. The van der Waals surface area contributed by atoms with Crippen LogP contribution in [0.1, 0.15) is 5.56 Å². The minimum atomic E-state index is 0.749. The summed E-state index contributed by atoms with van der Waals surface area (Å²) in [6, 6.07) is 5.98. The first-order valence-corrected chi connectivity index (χ1v) is 8.74. The van der Waals surface area contributed by atoms with Crippen molar-refractivity contribution < 1.29 is 9.47 Å². The highest BCUT2D eigenvalue weighted by molar-refractivity contribution is 7.99. The molecule has 6 heteroatoms. The maximum atomic E-state index is 5.32. The van der Waals surface area contributed by atoms with Gasteiger partial charge in [0.1, 0.15) is 0 Å². The molecule has 1 aromatic rings. The van der Waals surface area contributed by atoms with Crippen molar-refractivity contribution in [2.75, 3.05) is 45.9 Å². The number of methoxy groups -OCH3 is 2. The normalized spacial score (nSPS) is 11.0. The van der Waals surface area contributed by atoms with Crippen molar-refractivity contribution in [3.63, 3.8) is 0 Å². The first-order valence-electron chi connectivity index (χ1n) is 7.59. The Labute approximate surface area is 143 Å². The Morgan fingerprint density at radius 2 is 1.96 bits per heavy atom. The fraction of sp³-hybridized carbons (Fsp3) is 0.471. The van der Waals surface area contributed by atoms with Crippen LogP contribution in [0.5, 0.6) is 11.5 Å². The fourth-order valence-corrected chi connectivity index (χ4v) is 2.57. The number of nitrogens with zero attached hydrogens (tertiary/aromatic N) is 1. The Hall–Kier alpha value is -1.82. The first kappa shape index (κ1) is 19.2. The lowest BCUT2D eigenvalue weighted by Crippen LogP contribution is -2.39. The van der Waals surface area contributed by atoms with Gasteiger partial charge in [0.2, 0.25) is 0 Å². The Balaban J connectivity index is 2.35. The van der Waals surface area contributed by atoms with E-state index in [0.717, 1.165) is 48.5 Å². The van der Waals surface area contributed by atoms with E-state index < -0.39 is 0 Å². The fourth-order valence-electron chi connectivity index (χ4n) is 1.99. The summed E-state index contributed by atoms with van der Waals surface area (Å²) in [4.78, 5) is 4.22. The highest BCUT2D eigenvalue weighted by atomic mass is 32.2. The molecule has 1 aromatic carbocycles. The number of hydrogen-bond donors (Lipinski definition) is 2. The Morgan fingerprint density at radius 3 is 2.61 bits per heavy atom. The molecular weight excluding hydrogens is 310 g/mol. The topological polar surface area (TPSA) is 54.9 Å². The van der Waals surface area contributed by atoms with Crippen molar-refractivity contribution in [2.24, 2.45) is 4.99 Å². The van der Waals surface area contributed by atoms with Gasteiger partial charge in [0.25, 0.3) is 0 Å². The molecule has 0 aliphatic carbocycles. The molecule has 0 bridgehead atoms. The first-order chi connectivity index (χ1) is 11.2. The monoisotopic (exact) mass is 337 g/mol. The number of hydrogen-bond acceptors (Lipinski definition) is 4. The average molecular weight is 337 g/mol. The molecule has 0 amide bonds. The van der Waals surface area contributed by atoms with Gasteiger partial charge in [0.05, 0.1) is 14.2 Å². The zero-order chi connectivity index (χ0) is 16.9. The quantitative estimate of drug-likeness (QED) is 0.297. The third-order valence-electron chi connectivity index (χ3n) is 3.15. The zero-order valence-corrected chi connectivity index (χ0v) is 15.0. The van der Waals surface area contributed by atoms with Crippen LogP contribution in [0.3, 0.4) is 0 Å². The maximum absolute atomic E-state index is 5.32. The number of aliphatic imine (C=N–C) groups is 1. The molecule has 0 saturated heterocycles. The van der Waals surface area contributed by atoms with Crippen LogP contribution in [0.4, 0.5) is 0 Å². The summed E-state index contributed by atoms with van der Waals surface area (Å²) < 4.78 is 10.6. The molecule has 0 fully saturated rings. The largest absolute Gasteiger partial charge is 0.493 e. The van der Waals surface area contributed by atoms with E-state index in [4.69, 9.17) is 9.47 Å². The van der Waals surface area contributed by atoms with Gasteiger partial charge < -0.3 is 20.1 Å². The van der Waals surface area contributed by atoms with Crippen LogP contribution < -0.4 is 20.1 Å². The summed E-state index contributed by atoms with van der Waals surface area (Å²) >= 11 is 1.84. The van der Waals surface area contributed by atoms with Crippen LogP contribution in [-0.2, 0) is 6.42 Å². The van der Waals surface area contributed by atoms with Gasteiger partial charge in [0, 0.05) is 31.6 Å². The lowest BCUT2D eigenvalue weighted by Gasteiger charge is -2.13. The molecule has 23 heavy (non-hydrogen) atoms. The van der Waals surface area contributed by atoms with E-state index in [1.165, 1.54) is 5.56 Å². The number of rotatable bonds is 10. The maximum Gasteiger partial charge on any atom is 0.191 e. The summed E-state index contributed by atoms with van der Waals surface area (Å²) in [5.41, 5.74) is 1.19. The Kier molecular flexibility index (Phi) is 9.79. The van der Waals surface area contributed by atoms with E-state index in [-0.39, 0.29) is 0 Å². The predicted molar refractivity (Wildman–Crippen MR) is 100 cm³/mol. The van der Waals surface area contributed by atoms with Crippen LogP contribution in [0.2, 0.25) is 0 Å². The zero-order valence-electron chi connectivity index (χ0n) is 14.2. The van der Waals surface area contributed by atoms with Crippen molar-refractivity contribution in [2.45, 2.75) is 6.42 Å². The smallest absolute Gasteiger partial charge is 0.191 e. The lowest BCUT2D eigenvalue weighted by atomic mass is 10.1. The second-order valence-corrected chi connectivity index (χ2v) is 5.88. The van der Waals surface area contributed by atoms with Gasteiger partial charge >= 0.3 is 0 Å². The Bertz CT molecular complexity index is 507. The molecule has 0 atom stereocenters. The summed E-state index contributed by atoms with van der Waals surface area (Å²) in [7, 11) is 5.07. The van der Waals surface area contributed by atoms with E-state index in [1.807, 2.05) is 36.0 Å². The molecule has 0 spiro atoms. The minimum Gasteiger partial charge on any atom is -0.493 e. The SMILES string of the molecule is C=CCSCCNC(=NC)NCCc1ccc(OC)c(OC)c1.